The van der Waals surface area contributed by atoms with E-state index in [1.807, 2.05) is 26.0 Å². The molecule has 2 N–H and O–H groups in total. The fourth-order valence-electron chi connectivity index (χ4n) is 2.22. The van der Waals surface area contributed by atoms with Gasteiger partial charge in [-0.1, -0.05) is 13.8 Å². The molecule has 0 saturated heterocycles. The Morgan fingerprint density at radius 1 is 1.17 bits per heavy atom. The Morgan fingerprint density at radius 3 is 2.39 bits per heavy atom. The Morgan fingerprint density at radius 2 is 1.78 bits per heavy atom. The molecule has 96 valence electrons. The minimum absolute atomic E-state index is 0.00539. The van der Waals surface area contributed by atoms with Crippen LogP contribution in [0.4, 0.5) is 11.4 Å². The summed E-state index contributed by atoms with van der Waals surface area (Å²) in [6, 6.07) is 3.49. The first-order valence-electron chi connectivity index (χ1n) is 6.16. The number of benzene rings is 1. The third kappa shape index (κ3) is 1.75. The number of carbonyl (C=O) groups is 1. The van der Waals surface area contributed by atoms with Crippen LogP contribution >= 0.6 is 0 Å². The highest BCUT2D eigenvalue weighted by molar-refractivity contribution is 6.03. The van der Waals surface area contributed by atoms with Gasteiger partial charge in [-0.15, -0.1) is 0 Å². The summed E-state index contributed by atoms with van der Waals surface area (Å²) in [4.78, 5) is 11.9. The summed E-state index contributed by atoms with van der Waals surface area (Å²) in [5, 5.41) is 6.15. The normalized spacial score (nSPS) is 21.1. The first-order chi connectivity index (χ1) is 8.65. The summed E-state index contributed by atoms with van der Waals surface area (Å²) in [5.74, 6) is 1.64. The van der Waals surface area contributed by atoms with Crippen molar-refractivity contribution in [2.24, 2.45) is 5.92 Å². The summed E-state index contributed by atoms with van der Waals surface area (Å²) in [6.07, 6.45) is 0. The molecule has 1 aromatic rings. The van der Waals surface area contributed by atoms with E-state index in [0.717, 1.165) is 17.1 Å². The number of amides is 1. The minimum atomic E-state index is -0.208. The predicted octanol–water partition coefficient (Wildman–Crippen LogP) is 1.85. The lowest BCUT2D eigenvalue weighted by Crippen LogP contribution is -2.42. The number of carbonyl (C=O) groups excluding carboxylic acids is 1. The molecule has 2 heterocycles. The van der Waals surface area contributed by atoms with Crippen LogP contribution < -0.4 is 20.1 Å². The Hall–Kier alpha value is -1.91. The van der Waals surface area contributed by atoms with E-state index in [-0.39, 0.29) is 17.9 Å². The van der Waals surface area contributed by atoms with Crippen molar-refractivity contribution in [3.05, 3.63) is 12.1 Å². The van der Waals surface area contributed by atoms with E-state index in [0.29, 0.717) is 19.0 Å². The van der Waals surface area contributed by atoms with Crippen LogP contribution in [-0.4, -0.2) is 25.2 Å². The Kier molecular flexibility index (Phi) is 2.54. The molecule has 0 fully saturated rings. The van der Waals surface area contributed by atoms with Gasteiger partial charge in [0.15, 0.2) is 11.5 Å². The second-order valence-electron chi connectivity index (χ2n) is 4.90. The summed E-state index contributed by atoms with van der Waals surface area (Å²) in [5.41, 5.74) is 1.64. The number of fused-ring (bicyclic) bond motifs is 2. The fraction of sp³-hybridized carbons (Fsp3) is 0.462. The first-order valence-corrected chi connectivity index (χ1v) is 6.16. The summed E-state index contributed by atoms with van der Waals surface area (Å²) in [7, 11) is 0. The van der Waals surface area contributed by atoms with Gasteiger partial charge in [-0.2, -0.15) is 0 Å². The Balaban J connectivity index is 1.98. The van der Waals surface area contributed by atoms with Crippen molar-refractivity contribution < 1.29 is 14.3 Å². The van der Waals surface area contributed by atoms with Gasteiger partial charge in [-0.25, -0.2) is 0 Å². The smallest absolute Gasteiger partial charge is 0.247 e. The van der Waals surface area contributed by atoms with Crippen LogP contribution in [0.15, 0.2) is 12.1 Å². The number of hydrogen-bond acceptors (Lipinski definition) is 4. The van der Waals surface area contributed by atoms with Gasteiger partial charge in [0.05, 0.1) is 11.4 Å². The van der Waals surface area contributed by atoms with Crippen LogP contribution in [0.25, 0.3) is 0 Å². The number of anilines is 2. The zero-order chi connectivity index (χ0) is 12.7. The molecular formula is C13H16N2O3. The fourth-order valence-corrected chi connectivity index (χ4v) is 2.22. The van der Waals surface area contributed by atoms with E-state index >= 15 is 0 Å². The largest absolute Gasteiger partial charge is 0.486 e. The SMILES string of the molecule is CC(C)C1Nc2cc3c(cc2NC1=O)OCCO3. The van der Waals surface area contributed by atoms with Gasteiger partial charge < -0.3 is 20.1 Å². The maximum atomic E-state index is 11.9. The molecule has 3 rings (SSSR count). The van der Waals surface area contributed by atoms with E-state index in [9.17, 15) is 4.79 Å². The lowest BCUT2D eigenvalue weighted by Gasteiger charge is -2.30. The van der Waals surface area contributed by atoms with Crippen LogP contribution in [0.2, 0.25) is 0 Å². The van der Waals surface area contributed by atoms with Gasteiger partial charge in [0.25, 0.3) is 0 Å². The molecule has 0 bridgehead atoms. The molecule has 0 aromatic heterocycles. The lowest BCUT2D eigenvalue weighted by atomic mass is 10.0. The predicted molar refractivity (Wildman–Crippen MR) is 68.3 cm³/mol. The molecule has 1 aromatic carbocycles. The lowest BCUT2D eigenvalue weighted by molar-refractivity contribution is -0.117. The van der Waals surface area contributed by atoms with Crippen LogP contribution in [0, 0.1) is 5.92 Å². The van der Waals surface area contributed by atoms with Crippen molar-refractivity contribution in [3.8, 4) is 11.5 Å². The molecule has 5 nitrogen and oxygen atoms in total. The highest BCUT2D eigenvalue weighted by Crippen LogP contribution is 2.40. The summed E-state index contributed by atoms with van der Waals surface area (Å²) >= 11 is 0. The minimum Gasteiger partial charge on any atom is -0.486 e. The molecule has 2 aliphatic rings. The summed E-state index contributed by atoms with van der Waals surface area (Å²) in [6.45, 7) is 5.13. The molecule has 1 unspecified atom stereocenters. The third-order valence-electron chi connectivity index (χ3n) is 3.20. The molecule has 0 aliphatic carbocycles. The second-order valence-corrected chi connectivity index (χ2v) is 4.90. The maximum Gasteiger partial charge on any atom is 0.247 e. The van der Waals surface area contributed by atoms with Crippen molar-refractivity contribution >= 4 is 17.3 Å². The Bertz CT molecular complexity index is 499. The van der Waals surface area contributed by atoms with Gasteiger partial charge in [0, 0.05) is 12.1 Å². The van der Waals surface area contributed by atoms with Crippen LogP contribution in [0.5, 0.6) is 11.5 Å². The number of rotatable bonds is 1. The number of nitrogens with one attached hydrogen (secondary N) is 2. The summed E-state index contributed by atoms with van der Waals surface area (Å²) < 4.78 is 11.0. The topological polar surface area (TPSA) is 59.6 Å². The molecule has 1 atom stereocenters. The van der Waals surface area contributed by atoms with Crippen molar-refractivity contribution in [2.75, 3.05) is 23.8 Å². The molecule has 18 heavy (non-hydrogen) atoms. The average Bonchev–Trinajstić information content (AvgIpc) is 2.35. The average molecular weight is 248 g/mol. The molecular weight excluding hydrogens is 232 g/mol. The van der Waals surface area contributed by atoms with E-state index < -0.39 is 0 Å². The van der Waals surface area contributed by atoms with Crippen LogP contribution in [0.3, 0.4) is 0 Å². The first kappa shape index (κ1) is 11.2. The van der Waals surface area contributed by atoms with Crippen molar-refractivity contribution in [1.29, 1.82) is 0 Å². The highest BCUT2D eigenvalue weighted by atomic mass is 16.6. The molecule has 0 saturated carbocycles. The van der Waals surface area contributed by atoms with Crippen LogP contribution in [-0.2, 0) is 4.79 Å². The highest BCUT2D eigenvalue weighted by Gasteiger charge is 2.29. The second kappa shape index (κ2) is 4.08. The van der Waals surface area contributed by atoms with Crippen molar-refractivity contribution in [2.45, 2.75) is 19.9 Å². The standard InChI is InChI=1S/C13H16N2O3/c1-7(2)12-13(16)15-9-6-11-10(5-8(9)14-12)17-3-4-18-11/h5-7,12,14H,3-4H2,1-2H3,(H,15,16). The van der Waals surface area contributed by atoms with Crippen molar-refractivity contribution in [1.82, 2.24) is 0 Å². The van der Waals surface area contributed by atoms with E-state index in [4.69, 9.17) is 9.47 Å². The number of hydrogen-bond donors (Lipinski definition) is 2. The van der Waals surface area contributed by atoms with Gasteiger partial charge in [0.2, 0.25) is 5.91 Å². The maximum absolute atomic E-state index is 11.9. The number of ether oxygens (including phenoxy) is 2. The quantitative estimate of drug-likeness (QED) is 0.796. The molecule has 2 aliphatic heterocycles. The van der Waals surface area contributed by atoms with Gasteiger partial charge in [0.1, 0.15) is 19.3 Å². The molecule has 0 spiro atoms. The molecule has 0 radical (unpaired) electrons. The zero-order valence-corrected chi connectivity index (χ0v) is 10.4. The van der Waals surface area contributed by atoms with Gasteiger partial charge >= 0.3 is 0 Å². The zero-order valence-electron chi connectivity index (χ0n) is 10.4. The van der Waals surface area contributed by atoms with E-state index in [2.05, 4.69) is 10.6 Å². The Labute approximate surface area is 105 Å². The van der Waals surface area contributed by atoms with E-state index in [1.54, 1.807) is 0 Å². The van der Waals surface area contributed by atoms with Crippen molar-refractivity contribution in [3.63, 3.8) is 0 Å². The molecule has 5 heteroatoms. The van der Waals surface area contributed by atoms with Crippen LogP contribution in [0.1, 0.15) is 13.8 Å². The van der Waals surface area contributed by atoms with Gasteiger partial charge in [-0.05, 0) is 5.92 Å². The van der Waals surface area contributed by atoms with E-state index in [1.165, 1.54) is 0 Å². The van der Waals surface area contributed by atoms with Gasteiger partial charge in [-0.3, -0.25) is 4.79 Å². The molecule has 1 amide bonds. The monoisotopic (exact) mass is 248 g/mol. The third-order valence-corrected chi connectivity index (χ3v) is 3.20.